The van der Waals surface area contributed by atoms with E-state index < -0.39 is 17.5 Å². The maximum absolute atomic E-state index is 13.7. The van der Waals surface area contributed by atoms with E-state index in [0.29, 0.717) is 32.5 Å². The highest BCUT2D eigenvalue weighted by molar-refractivity contribution is 5.33. The van der Waals surface area contributed by atoms with Gasteiger partial charge in [-0.2, -0.15) is 13.2 Å². The lowest BCUT2D eigenvalue weighted by Gasteiger charge is -2.52. The fraction of sp³-hybridized carbons (Fsp3) is 0.357. The van der Waals surface area contributed by atoms with Gasteiger partial charge in [0.2, 0.25) is 0 Å². The Morgan fingerprint density at radius 3 is 2.29 bits per heavy atom. The molecule has 5 rings (SSSR count). The van der Waals surface area contributed by atoms with Crippen LogP contribution in [0.15, 0.2) is 78.9 Å². The molecule has 1 spiro atoms. The number of benzene rings is 3. The van der Waals surface area contributed by atoms with Crippen LogP contribution in [0.4, 0.5) is 17.6 Å². The van der Waals surface area contributed by atoms with Crippen molar-refractivity contribution in [3.05, 3.63) is 107 Å². The summed E-state index contributed by atoms with van der Waals surface area (Å²) in [6, 6.07) is 21.7. The highest BCUT2D eigenvalue weighted by atomic mass is 19.4. The van der Waals surface area contributed by atoms with Crippen LogP contribution >= 0.6 is 0 Å². The van der Waals surface area contributed by atoms with Gasteiger partial charge in [0, 0.05) is 25.4 Å². The fourth-order valence-corrected chi connectivity index (χ4v) is 5.38. The summed E-state index contributed by atoms with van der Waals surface area (Å²) in [7, 11) is 0. The predicted molar refractivity (Wildman–Crippen MR) is 124 cm³/mol. The zero-order chi connectivity index (χ0) is 24.5. The minimum atomic E-state index is -4.42. The van der Waals surface area contributed by atoms with Gasteiger partial charge in [-0.3, -0.25) is 4.90 Å². The van der Waals surface area contributed by atoms with Crippen LogP contribution in [0.25, 0.3) is 0 Å². The van der Waals surface area contributed by atoms with Crippen molar-refractivity contribution in [3.8, 4) is 0 Å². The van der Waals surface area contributed by atoms with Crippen LogP contribution in [0.2, 0.25) is 0 Å². The molecule has 184 valence electrons. The fourth-order valence-electron chi connectivity index (χ4n) is 5.38. The topological polar surface area (TPSA) is 21.7 Å². The monoisotopic (exact) mass is 485 g/mol. The Hall–Kier alpha value is -2.74. The first-order valence-corrected chi connectivity index (χ1v) is 11.8. The number of hydrogen-bond acceptors (Lipinski definition) is 3. The van der Waals surface area contributed by atoms with Gasteiger partial charge in [0.05, 0.1) is 24.8 Å². The van der Waals surface area contributed by atoms with Gasteiger partial charge in [0.25, 0.3) is 0 Å². The molecule has 2 aliphatic rings. The van der Waals surface area contributed by atoms with Gasteiger partial charge in [-0.25, -0.2) is 4.39 Å². The minimum absolute atomic E-state index is 0.115. The van der Waals surface area contributed by atoms with Crippen molar-refractivity contribution >= 4 is 0 Å². The molecule has 0 saturated carbocycles. The Labute approximate surface area is 202 Å². The Balaban J connectivity index is 1.44. The van der Waals surface area contributed by atoms with Crippen LogP contribution in [-0.2, 0) is 22.2 Å². The molecule has 2 heterocycles. The third-order valence-corrected chi connectivity index (χ3v) is 7.00. The van der Waals surface area contributed by atoms with E-state index in [0.717, 1.165) is 17.2 Å². The second-order valence-electron chi connectivity index (χ2n) is 9.20. The average molecular weight is 486 g/mol. The Morgan fingerprint density at radius 1 is 0.886 bits per heavy atom. The second kappa shape index (κ2) is 9.72. The van der Waals surface area contributed by atoms with E-state index in [2.05, 4.69) is 17.0 Å². The van der Waals surface area contributed by atoms with Crippen molar-refractivity contribution in [3.63, 3.8) is 0 Å². The molecule has 2 saturated heterocycles. The summed E-state index contributed by atoms with van der Waals surface area (Å²) in [4.78, 5) is 2.26. The molecule has 3 nitrogen and oxygen atoms in total. The van der Waals surface area contributed by atoms with Crippen molar-refractivity contribution in [2.45, 2.75) is 43.3 Å². The molecule has 3 aromatic rings. The smallest absolute Gasteiger partial charge is 0.347 e. The third kappa shape index (κ3) is 4.99. The number of hydrogen-bond donors (Lipinski definition) is 0. The third-order valence-electron chi connectivity index (χ3n) is 7.00. The zero-order valence-corrected chi connectivity index (χ0v) is 19.2. The summed E-state index contributed by atoms with van der Waals surface area (Å²) in [5.41, 5.74) is 1.63. The van der Waals surface area contributed by atoms with Crippen LogP contribution in [-0.4, -0.2) is 30.4 Å². The average Bonchev–Trinajstić information content (AvgIpc) is 2.86. The van der Waals surface area contributed by atoms with Gasteiger partial charge in [-0.15, -0.1) is 0 Å². The first-order chi connectivity index (χ1) is 16.9. The summed E-state index contributed by atoms with van der Waals surface area (Å²) in [5.74, 6) is -1.74. The molecule has 3 aromatic carbocycles. The zero-order valence-electron chi connectivity index (χ0n) is 19.2. The Morgan fingerprint density at radius 2 is 1.60 bits per heavy atom. The molecular weight excluding hydrogens is 458 g/mol. The second-order valence-corrected chi connectivity index (χ2v) is 9.20. The van der Waals surface area contributed by atoms with Crippen molar-refractivity contribution < 1.29 is 27.0 Å². The van der Waals surface area contributed by atoms with E-state index in [-0.39, 0.29) is 29.9 Å². The molecule has 35 heavy (non-hydrogen) atoms. The molecule has 0 N–H and O–H groups in total. The summed E-state index contributed by atoms with van der Waals surface area (Å²) >= 11 is 0. The van der Waals surface area contributed by atoms with E-state index in [1.54, 1.807) is 18.2 Å². The van der Waals surface area contributed by atoms with E-state index in [1.165, 1.54) is 24.3 Å². The first-order valence-electron chi connectivity index (χ1n) is 11.8. The summed E-state index contributed by atoms with van der Waals surface area (Å²) in [5, 5.41) is 0. The minimum Gasteiger partial charge on any atom is -0.347 e. The van der Waals surface area contributed by atoms with Gasteiger partial charge in [-0.1, -0.05) is 60.7 Å². The molecular formula is C28H27F4NO2. The lowest BCUT2D eigenvalue weighted by Crippen LogP contribution is -2.57. The summed E-state index contributed by atoms with van der Waals surface area (Å²) in [6.45, 7) is 1.86. The van der Waals surface area contributed by atoms with E-state index in [4.69, 9.17) is 9.47 Å². The molecule has 2 fully saturated rings. The SMILES string of the molecule is Fc1ccc([C@@H]2N(Cc3ccccc3)CCO[C@@]23CC[C@H](c2ccccc2C(F)(F)F)CO3)cc1. The van der Waals surface area contributed by atoms with Crippen LogP contribution in [0.3, 0.4) is 0 Å². The molecule has 0 bridgehead atoms. The van der Waals surface area contributed by atoms with Crippen molar-refractivity contribution in [1.29, 1.82) is 0 Å². The lowest BCUT2D eigenvalue weighted by molar-refractivity contribution is -0.314. The van der Waals surface area contributed by atoms with Crippen LogP contribution in [0.5, 0.6) is 0 Å². The van der Waals surface area contributed by atoms with Gasteiger partial charge < -0.3 is 9.47 Å². The predicted octanol–water partition coefficient (Wildman–Crippen LogP) is 6.71. The normalized spacial score (nSPS) is 25.6. The van der Waals surface area contributed by atoms with Crippen LogP contribution in [0, 0.1) is 5.82 Å². The number of halogens is 4. The number of morpholine rings is 1. The molecule has 0 aliphatic carbocycles. The highest BCUT2D eigenvalue weighted by Crippen LogP contribution is 2.48. The standard InChI is InChI=1S/C28H27F4NO2/c29-23-12-10-21(11-13-23)26-27(34-17-16-33(26)18-20-6-2-1-3-7-20)15-14-22(19-35-27)24-8-4-5-9-25(24)28(30,31)32/h1-13,22,26H,14-19H2/t22-,26-,27+/m0/s1. The summed E-state index contributed by atoms with van der Waals surface area (Å²) in [6.07, 6.45) is -3.50. The number of nitrogens with zero attached hydrogens (tertiary/aromatic N) is 1. The van der Waals surface area contributed by atoms with E-state index in [1.807, 2.05) is 18.2 Å². The molecule has 0 radical (unpaired) electrons. The van der Waals surface area contributed by atoms with Crippen molar-refractivity contribution in [2.75, 3.05) is 19.8 Å². The molecule has 0 unspecified atom stereocenters. The van der Waals surface area contributed by atoms with E-state index in [9.17, 15) is 17.6 Å². The maximum Gasteiger partial charge on any atom is 0.416 e. The molecule has 0 aromatic heterocycles. The quantitative estimate of drug-likeness (QED) is 0.384. The van der Waals surface area contributed by atoms with Gasteiger partial charge in [0.1, 0.15) is 5.82 Å². The first kappa shape index (κ1) is 24.0. The van der Waals surface area contributed by atoms with E-state index >= 15 is 0 Å². The maximum atomic E-state index is 13.7. The lowest BCUT2D eigenvalue weighted by atomic mass is 9.82. The molecule has 0 amide bonds. The summed E-state index contributed by atoms with van der Waals surface area (Å²) < 4.78 is 67.3. The number of alkyl halides is 3. The number of ether oxygens (including phenoxy) is 2. The van der Waals surface area contributed by atoms with Gasteiger partial charge >= 0.3 is 6.18 Å². The largest absolute Gasteiger partial charge is 0.416 e. The van der Waals surface area contributed by atoms with Gasteiger partial charge in [-0.05, 0) is 41.3 Å². The van der Waals surface area contributed by atoms with Crippen molar-refractivity contribution in [2.24, 2.45) is 0 Å². The Kier molecular flexibility index (Phi) is 6.66. The number of rotatable bonds is 4. The molecule has 2 aliphatic heterocycles. The van der Waals surface area contributed by atoms with Gasteiger partial charge in [0.15, 0.2) is 5.79 Å². The van der Waals surface area contributed by atoms with Crippen molar-refractivity contribution in [1.82, 2.24) is 4.90 Å². The molecule has 7 heteroatoms. The van der Waals surface area contributed by atoms with Crippen LogP contribution < -0.4 is 0 Å². The highest BCUT2D eigenvalue weighted by Gasteiger charge is 2.51. The molecule has 3 atom stereocenters. The Bertz CT molecular complexity index is 1130. The van der Waals surface area contributed by atoms with Crippen LogP contribution in [0.1, 0.15) is 47.1 Å².